The molecular weight excluding hydrogens is 332 g/mol. The minimum atomic E-state index is 0.578. The Kier molecular flexibility index (Phi) is 4.38. The zero-order valence-electron chi connectivity index (χ0n) is 15.3. The van der Waals surface area contributed by atoms with Crippen LogP contribution in [0.4, 0.5) is 5.69 Å². The number of nitrogens with zero attached hydrogens (tertiary/aromatic N) is 3. The Morgan fingerprint density at radius 2 is 1.00 bits per heavy atom. The molecule has 4 aromatic rings. The van der Waals surface area contributed by atoms with Crippen molar-refractivity contribution >= 4 is 5.69 Å². The lowest BCUT2D eigenvalue weighted by atomic mass is 10.1. The lowest BCUT2D eigenvalue weighted by Gasteiger charge is -2.10. The standard InChI is InChI=1S/C23H20N4/c1-15-7-11-17(12-8-15)21-25-22(18-13-9-16(2)10-14-18)27-23(26-21)19-5-3-4-6-20(19)24/h3-14H,24H2,1-2H3. The number of nitrogens with two attached hydrogens (primary N) is 1. The highest BCUT2D eigenvalue weighted by Crippen LogP contribution is 2.27. The van der Waals surface area contributed by atoms with Crippen LogP contribution in [0.5, 0.6) is 0 Å². The summed E-state index contributed by atoms with van der Waals surface area (Å²) in [6, 6.07) is 24.0. The van der Waals surface area contributed by atoms with Crippen LogP contribution in [0.25, 0.3) is 34.2 Å². The van der Waals surface area contributed by atoms with E-state index in [1.165, 1.54) is 11.1 Å². The molecule has 0 aliphatic heterocycles. The molecule has 0 saturated carbocycles. The molecule has 132 valence electrons. The van der Waals surface area contributed by atoms with Crippen molar-refractivity contribution < 1.29 is 0 Å². The van der Waals surface area contributed by atoms with E-state index < -0.39 is 0 Å². The summed E-state index contributed by atoms with van der Waals surface area (Å²) in [6.07, 6.45) is 0. The number of rotatable bonds is 3. The predicted molar refractivity (Wildman–Crippen MR) is 110 cm³/mol. The van der Waals surface area contributed by atoms with E-state index in [9.17, 15) is 0 Å². The summed E-state index contributed by atoms with van der Waals surface area (Å²) in [7, 11) is 0. The van der Waals surface area contributed by atoms with Crippen LogP contribution >= 0.6 is 0 Å². The van der Waals surface area contributed by atoms with Gasteiger partial charge in [-0.05, 0) is 26.0 Å². The van der Waals surface area contributed by atoms with Crippen LogP contribution in [0.3, 0.4) is 0 Å². The Labute approximate surface area is 158 Å². The molecule has 0 saturated heterocycles. The highest BCUT2D eigenvalue weighted by atomic mass is 15.0. The number of benzene rings is 3. The Morgan fingerprint density at radius 1 is 0.556 bits per heavy atom. The quantitative estimate of drug-likeness (QED) is 0.523. The van der Waals surface area contributed by atoms with Crippen LogP contribution < -0.4 is 5.73 Å². The lowest BCUT2D eigenvalue weighted by molar-refractivity contribution is 1.07. The minimum Gasteiger partial charge on any atom is -0.398 e. The summed E-state index contributed by atoms with van der Waals surface area (Å²) in [5.74, 6) is 1.85. The van der Waals surface area contributed by atoms with Gasteiger partial charge >= 0.3 is 0 Å². The zero-order valence-corrected chi connectivity index (χ0v) is 15.3. The third-order valence-electron chi connectivity index (χ3n) is 4.46. The first-order valence-corrected chi connectivity index (χ1v) is 8.85. The van der Waals surface area contributed by atoms with Crippen LogP contribution in [0.15, 0.2) is 72.8 Å². The molecular formula is C23H20N4. The topological polar surface area (TPSA) is 64.7 Å². The van der Waals surface area contributed by atoms with E-state index in [-0.39, 0.29) is 0 Å². The van der Waals surface area contributed by atoms with Gasteiger partial charge in [-0.3, -0.25) is 0 Å². The van der Waals surface area contributed by atoms with Gasteiger partial charge in [0.05, 0.1) is 0 Å². The lowest BCUT2D eigenvalue weighted by Crippen LogP contribution is -2.01. The fourth-order valence-electron chi connectivity index (χ4n) is 2.86. The van der Waals surface area contributed by atoms with E-state index in [0.717, 1.165) is 16.7 Å². The molecule has 4 rings (SSSR count). The average molecular weight is 352 g/mol. The Hall–Kier alpha value is -3.53. The van der Waals surface area contributed by atoms with Crippen molar-refractivity contribution in [3.05, 3.63) is 83.9 Å². The monoisotopic (exact) mass is 352 g/mol. The van der Waals surface area contributed by atoms with Gasteiger partial charge in [0.1, 0.15) is 0 Å². The molecule has 2 N–H and O–H groups in total. The van der Waals surface area contributed by atoms with Gasteiger partial charge in [0.25, 0.3) is 0 Å². The van der Waals surface area contributed by atoms with E-state index in [2.05, 4.69) is 38.1 Å². The molecule has 1 aromatic heterocycles. The van der Waals surface area contributed by atoms with Crippen molar-refractivity contribution in [3.63, 3.8) is 0 Å². The molecule has 0 amide bonds. The van der Waals surface area contributed by atoms with Crippen molar-refractivity contribution in [2.75, 3.05) is 5.73 Å². The summed E-state index contributed by atoms with van der Waals surface area (Å²) in [5.41, 5.74) is 11.9. The van der Waals surface area contributed by atoms with Gasteiger partial charge in [0, 0.05) is 22.4 Å². The second-order valence-electron chi connectivity index (χ2n) is 6.63. The number of aromatic nitrogens is 3. The summed E-state index contributed by atoms with van der Waals surface area (Å²) < 4.78 is 0. The van der Waals surface area contributed by atoms with Gasteiger partial charge < -0.3 is 5.73 Å². The van der Waals surface area contributed by atoms with Crippen LogP contribution in [0.1, 0.15) is 11.1 Å². The predicted octanol–water partition coefficient (Wildman–Crippen LogP) is 5.07. The largest absolute Gasteiger partial charge is 0.398 e. The minimum absolute atomic E-state index is 0.578. The van der Waals surface area contributed by atoms with Crippen LogP contribution in [0, 0.1) is 13.8 Å². The summed E-state index contributed by atoms with van der Waals surface area (Å²) in [6.45, 7) is 4.12. The van der Waals surface area contributed by atoms with Crippen molar-refractivity contribution in [1.29, 1.82) is 0 Å². The summed E-state index contributed by atoms with van der Waals surface area (Å²) in [4.78, 5) is 14.1. The molecule has 0 atom stereocenters. The normalized spacial score (nSPS) is 10.7. The number of hydrogen-bond donors (Lipinski definition) is 1. The molecule has 0 aliphatic rings. The Bertz CT molecular complexity index is 1020. The third kappa shape index (κ3) is 3.55. The molecule has 0 fully saturated rings. The second-order valence-corrected chi connectivity index (χ2v) is 6.63. The van der Waals surface area contributed by atoms with Gasteiger partial charge in [-0.15, -0.1) is 0 Å². The van der Waals surface area contributed by atoms with Crippen molar-refractivity contribution in [2.45, 2.75) is 13.8 Å². The molecule has 0 aliphatic carbocycles. The van der Waals surface area contributed by atoms with E-state index in [0.29, 0.717) is 23.2 Å². The van der Waals surface area contributed by atoms with Gasteiger partial charge in [0.2, 0.25) is 0 Å². The van der Waals surface area contributed by atoms with E-state index in [4.69, 9.17) is 20.7 Å². The second kappa shape index (κ2) is 7.00. The Morgan fingerprint density at radius 3 is 1.48 bits per heavy atom. The maximum Gasteiger partial charge on any atom is 0.166 e. The first-order chi connectivity index (χ1) is 13.1. The van der Waals surface area contributed by atoms with Gasteiger partial charge in [-0.2, -0.15) is 0 Å². The van der Waals surface area contributed by atoms with Crippen LogP contribution in [-0.4, -0.2) is 15.0 Å². The fraction of sp³-hybridized carbons (Fsp3) is 0.0870. The molecule has 0 bridgehead atoms. The first kappa shape index (κ1) is 16.9. The Balaban J connectivity index is 1.92. The SMILES string of the molecule is Cc1ccc(-c2nc(-c3ccc(C)cc3)nc(-c3ccccc3N)n2)cc1. The molecule has 0 spiro atoms. The number of anilines is 1. The molecule has 0 radical (unpaired) electrons. The third-order valence-corrected chi connectivity index (χ3v) is 4.46. The highest BCUT2D eigenvalue weighted by molar-refractivity contribution is 5.74. The summed E-state index contributed by atoms with van der Waals surface area (Å²) >= 11 is 0. The number of para-hydroxylation sites is 1. The molecule has 3 aromatic carbocycles. The van der Waals surface area contributed by atoms with E-state index in [1.807, 2.05) is 48.5 Å². The van der Waals surface area contributed by atoms with Crippen molar-refractivity contribution in [2.24, 2.45) is 0 Å². The molecule has 1 heterocycles. The summed E-state index contributed by atoms with van der Waals surface area (Å²) in [5, 5.41) is 0. The molecule has 0 unspecified atom stereocenters. The van der Waals surface area contributed by atoms with Gasteiger partial charge in [-0.25, -0.2) is 15.0 Å². The van der Waals surface area contributed by atoms with E-state index >= 15 is 0 Å². The van der Waals surface area contributed by atoms with Crippen molar-refractivity contribution in [3.8, 4) is 34.2 Å². The first-order valence-electron chi connectivity index (χ1n) is 8.85. The van der Waals surface area contributed by atoms with Crippen LogP contribution in [-0.2, 0) is 0 Å². The number of hydrogen-bond acceptors (Lipinski definition) is 4. The van der Waals surface area contributed by atoms with Gasteiger partial charge in [-0.1, -0.05) is 71.8 Å². The smallest absolute Gasteiger partial charge is 0.166 e. The maximum atomic E-state index is 6.17. The zero-order chi connectivity index (χ0) is 18.8. The van der Waals surface area contributed by atoms with Crippen LogP contribution in [0.2, 0.25) is 0 Å². The van der Waals surface area contributed by atoms with E-state index in [1.54, 1.807) is 0 Å². The van der Waals surface area contributed by atoms with Gasteiger partial charge in [0.15, 0.2) is 17.5 Å². The number of aryl methyl sites for hydroxylation is 2. The molecule has 4 heteroatoms. The van der Waals surface area contributed by atoms with Crippen molar-refractivity contribution in [1.82, 2.24) is 15.0 Å². The molecule has 27 heavy (non-hydrogen) atoms. The maximum absolute atomic E-state index is 6.17. The highest BCUT2D eigenvalue weighted by Gasteiger charge is 2.13. The fourth-order valence-corrected chi connectivity index (χ4v) is 2.86. The number of nitrogen functional groups attached to an aromatic ring is 1. The molecule has 4 nitrogen and oxygen atoms in total. The average Bonchev–Trinajstić information content (AvgIpc) is 2.69.